The number of nitrogen functional groups attached to an aromatic ring is 1. The predicted molar refractivity (Wildman–Crippen MR) is 83.1 cm³/mol. The molecule has 1 atom stereocenters. The Morgan fingerprint density at radius 1 is 1.50 bits per heavy atom. The van der Waals surface area contributed by atoms with E-state index in [0.29, 0.717) is 5.02 Å². The zero-order valence-electron chi connectivity index (χ0n) is 12.6. The van der Waals surface area contributed by atoms with Crippen molar-refractivity contribution in [3.63, 3.8) is 0 Å². The van der Waals surface area contributed by atoms with Gasteiger partial charge in [0.1, 0.15) is 5.54 Å². The Kier molecular flexibility index (Phi) is 5.77. The fourth-order valence-corrected chi connectivity index (χ4v) is 1.63. The first-order chi connectivity index (χ1) is 10.2. The predicted octanol–water partition coefficient (Wildman–Crippen LogP) is 2.13. The first-order valence-electron chi connectivity index (χ1n) is 6.64. The first-order valence-corrected chi connectivity index (χ1v) is 7.02. The topological polar surface area (TPSA) is 105 Å². The van der Waals surface area contributed by atoms with E-state index in [1.165, 1.54) is 18.2 Å². The van der Waals surface area contributed by atoms with E-state index in [4.69, 9.17) is 27.3 Å². The number of anilines is 1. The second kappa shape index (κ2) is 7.14. The molecule has 0 heterocycles. The summed E-state index contributed by atoms with van der Waals surface area (Å²) in [6, 6.07) is 6.33. The molecule has 0 aliphatic carbocycles. The summed E-state index contributed by atoms with van der Waals surface area (Å²) in [6.07, 6.45) is 0. The summed E-state index contributed by atoms with van der Waals surface area (Å²) in [4.78, 5) is 23.6. The number of halogens is 1. The van der Waals surface area contributed by atoms with Crippen molar-refractivity contribution in [2.45, 2.75) is 26.3 Å². The van der Waals surface area contributed by atoms with Crippen LogP contribution in [0.2, 0.25) is 5.02 Å². The van der Waals surface area contributed by atoms with Gasteiger partial charge in [-0.05, 0) is 31.0 Å². The number of carbonyl (C=O) groups excluding carboxylic acids is 2. The third kappa shape index (κ3) is 4.37. The molecular weight excluding hydrogens is 306 g/mol. The SMILES string of the molecule is CC(C)C(C)(C#N)NC(=O)COC(=O)c1ccc(Cl)c(N)c1. The molecule has 3 N–H and O–H groups in total. The molecule has 0 radical (unpaired) electrons. The standard InChI is InChI=1S/C15H18ClN3O3/c1-9(2)15(3,8-17)19-13(20)7-22-14(21)10-4-5-11(16)12(18)6-10/h4-6,9H,7,18H2,1-3H3,(H,19,20). The summed E-state index contributed by atoms with van der Waals surface area (Å²) < 4.78 is 4.90. The Balaban J connectivity index is 2.62. The van der Waals surface area contributed by atoms with E-state index < -0.39 is 24.0 Å². The minimum atomic E-state index is -1.02. The molecule has 118 valence electrons. The lowest BCUT2D eigenvalue weighted by molar-refractivity contribution is -0.125. The summed E-state index contributed by atoms with van der Waals surface area (Å²) in [6.45, 7) is 4.75. The number of carbonyl (C=O) groups is 2. The number of hydrogen-bond acceptors (Lipinski definition) is 5. The molecule has 0 bridgehead atoms. The summed E-state index contributed by atoms with van der Waals surface area (Å²) in [7, 11) is 0. The fourth-order valence-electron chi connectivity index (χ4n) is 1.51. The van der Waals surface area contributed by atoms with Crippen LogP contribution in [0.1, 0.15) is 31.1 Å². The van der Waals surface area contributed by atoms with Crippen LogP contribution in [-0.4, -0.2) is 24.0 Å². The Labute approximate surface area is 134 Å². The second-order valence-electron chi connectivity index (χ2n) is 5.33. The van der Waals surface area contributed by atoms with Gasteiger partial charge in [0.15, 0.2) is 6.61 Å². The van der Waals surface area contributed by atoms with Crippen molar-refractivity contribution in [2.24, 2.45) is 5.92 Å². The molecule has 1 aromatic carbocycles. The molecule has 0 saturated heterocycles. The number of nitriles is 1. The second-order valence-corrected chi connectivity index (χ2v) is 5.74. The van der Waals surface area contributed by atoms with Crippen molar-refractivity contribution in [1.82, 2.24) is 5.32 Å². The molecule has 22 heavy (non-hydrogen) atoms. The summed E-state index contributed by atoms with van der Waals surface area (Å²) >= 11 is 5.76. The third-order valence-electron chi connectivity index (χ3n) is 3.35. The van der Waals surface area contributed by atoms with Gasteiger partial charge in [0, 0.05) is 0 Å². The van der Waals surface area contributed by atoms with E-state index in [9.17, 15) is 9.59 Å². The third-order valence-corrected chi connectivity index (χ3v) is 3.70. The largest absolute Gasteiger partial charge is 0.452 e. The van der Waals surface area contributed by atoms with Crippen LogP contribution >= 0.6 is 11.6 Å². The minimum absolute atomic E-state index is 0.0896. The van der Waals surface area contributed by atoms with Crippen LogP contribution in [0.25, 0.3) is 0 Å². The maximum atomic E-state index is 11.8. The number of rotatable bonds is 5. The molecule has 0 saturated carbocycles. The van der Waals surface area contributed by atoms with Gasteiger partial charge in [-0.25, -0.2) is 4.79 Å². The van der Waals surface area contributed by atoms with Crippen LogP contribution in [0.4, 0.5) is 5.69 Å². The number of nitrogens with two attached hydrogens (primary N) is 1. The van der Waals surface area contributed by atoms with Gasteiger partial charge in [-0.15, -0.1) is 0 Å². The zero-order valence-corrected chi connectivity index (χ0v) is 13.4. The normalized spacial score (nSPS) is 13.1. The molecule has 1 aromatic rings. The van der Waals surface area contributed by atoms with E-state index in [0.717, 1.165) is 0 Å². The Bertz CT molecular complexity index is 625. The van der Waals surface area contributed by atoms with Gasteiger partial charge in [0.05, 0.1) is 22.3 Å². The van der Waals surface area contributed by atoms with Crippen LogP contribution in [-0.2, 0) is 9.53 Å². The molecule has 0 aliphatic heterocycles. The lowest BCUT2D eigenvalue weighted by Gasteiger charge is -2.27. The van der Waals surface area contributed by atoms with E-state index in [1.807, 2.05) is 19.9 Å². The van der Waals surface area contributed by atoms with E-state index in [1.54, 1.807) is 6.92 Å². The number of esters is 1. The Morgan fingerprint density at radius 2 is 2.14 bits per heavy atom. The average molecular weight is 324 g/mol. The van der Waals surface area contributed by atoms with Crippen molar-refractivity contribution >= 4 is 29.2 Å². The molecule has 0 fully saturated rings. The lowest BCUT2D eigenvalue weighted by Crippen LogP contribution is -2.50. The van der Waals surface area contributed by atoms with Crippen LogP contribution < -0.4 is 11.1 Å². The number of amides is 1. The van der Waals surface area contributed by atoms with Crippen molar-refractivity contribution < 1.29 is 14.3 Å². The number of hydrogen-bond donors (Lipinski definition) is 2. The number of ether oxygens (including phenoxy) is 1. The van der Waals surface area contributed by atoms with Crippen LogP contribution in [0.15, 0.2) is 18.2 Å². The first kappa shape index (κ1) is 17.8. The highest BCUT2D eigenvalue weighted by molar-refractivity contribution is 6.33. The zero-order chi connectivity index (χ0) is 16.9. The van der Waals surface area contributed by atoms with Gasteiger partial charge >= 0.3 is 5.97 Å². The van der Waals surface area contributed by atoms with Gasteiger partial charge in [0.2, 0.25) is 0 Å². The van der Waals surface area contributed by atoms with E-state index in [2.05, 4.69) is 5.32 Å². The highest BCUT2D eigenvalue weighted by Crippen LogP contribution is 2.20. The van der Waals surface area contributed by atoms with Crippen molar-refractivity contribution in [2.75, 3.05) is 12.3 Å². The molecule has 1 rings (SSSR count). The highest BCUT2D eigenvalue weighted by atomic mass is 35.5. The van der Waals surface area contributed by atoms with Crippen LogP contribution in [0, 0.1) is 17.2 Å². The highest BCUT2D eigenvalue weighted by Gasteiger charge is 2.30. The fraction of sp³-hybridized carbons (Fsp3) is 0.400. The van der Waals surface area contributed by atoms with E-state index in [-0.39, 0.29) is 17.2 Å². The molecule has 0 aromatic heterocycles. The molecule has 1 amide bonds. The molecule has 1 unspecified atom stereocenters. The quantitative estimate of drug-likeness (QED) is 0.638. The van der Waals surface area contributed by atoms with Gasteiger partial charge in [-0.2, -0.15) is 5.26 Å². The molecule has 7 heteroatoms. The summed E-state index contributed by atoms with van der Waals surface area (Å²) in [5, 5.41) is 12.0. The van der Waals surface area contributed by atoms with Gasteiger partial charge in [-0.1, -0.05) is 25.4 Å². The molecule has 6 nitrogen and oxygen atoms in total. The van der Waals surface area contributed by atoms with Crippen LogP contribution in [0.5, 0.6) is 0 Å². The maximum Gasteiger partial charge on any atom is 0.338 e. The lowest BCUT2D eigenvalue weighted by atomic mass is 9.90. The number of nitrogens with zero attached hydrogens (tertiary/aromatic N) is 1. The Morgan fingerprint density at radius 3 is 2.64 bits per heavy atom. The van der Waals surface area contributed by atoms with Gasteiger partial charge in [-0.3, -0.25) is 4.79 Å². The van der Waals surface area contributed by atoms with E-state index >= 15 is 0 Å². The number of benzene rings is 1. The molecule has 0 spiro atoms. The van der Waals surface area contributed by atoms with Crippen LogP contribution in [0.3, 0.4) is 0 Å². The average Bonchev–Trinajstić information content (AvgIpc) is 2.47. The smallest absolute Gasteiger partial charge is 0.338 e. The van der Waals surface area contributed by atoms with Crippen molar-refractivity contribution in [3.8, 4) is 6.07 Å². The maximum absolute atomic E-state index is 11.8. The Hall–Kier alpha value is -2.26. The van der Waals surface area contributed by atoms with Crippen molar-refractivity contribution in [3.05, 3.63) is 28.8 Å². The minimum Gasteiger partial charge on any atom is -0.452 e. The number of nitrogens with one attached hydrogen (secondary N) is 1. The molecule has 0 aliphatic rings. The summed E-state index contributed by atoms with van der Waals surface area (Å²) in [5.74, 6) is -1.33. The van der Waals surface area contributed by atoms with Gasteiger partial charge < -0.3 is 15.8 Å². The van der Waals surface area contributed by atoms with Gasteiger partial charge in [0.25, 0.3) is 5.91 Å². The molecular formula is C15H18ClN3O3. The van der Waals surface area contributed by atoms with Crippen molar-refractivity contribution in [1.29, 1.82) is 5.26 Å². The summed E-state index contributed by atoms with van der Waals surface area (Å²) in [5.41, 5.74) is 5.02. The monoisotopic (exact) mass is 323 g/mol.